The molecule has 2 aromatic rings. The Morgan fingerprint density at radius 2 is 2.44 bits per heavy atom. The average Bonchev–Trinajstić information content (AvgIpc) is 2.96. The van der Waals surface area contributed by atoms with Crippen molar-refractivity contribution in [1.82, 2.24) is 14.8 Å². The Bertz CT molecular complexity index is 537. The highest BCUT2D eigenvalue weighted by molar-refractivity contribution is 7.17. The van der Waals surface area contributed by atoms with Crippen LogP contribution in [0.25, 0.3) is 0 Å². The van der Waals surface area contributed by atoms with Gasteiger partial charge in [-0.15, -0.1) is 0 Å². The summed E-state index contributed by atoms with van der Waals surface area (Å²) in [6.45, 7) is 1.25. The van der Waals surface area contributed by atoms with Crippen LogP contribution in [0.1, 0.15) is 9.67 Å². The molecule has 0 aliphatic heterocycles. The van der Waals surface area contributed by atoms with Gasteiger partial charge in [0.05, 0.1) is 31.2 Å². The van der Waals surface area contributed by atoms with Gasteiger partial charge in [0.25, 0.3) is 0 Å². The van der Waals surface area contributed by atoms with E-state index in [9.17, 15) is 4.79 Å². The lowest BCUT2D eigenvalue weighted by molar-refractivity contribution is 0.0702. The largest absolute Gasteiger partial charge is 0.477 e. The fourth-order valence-corrected chi connectivity index (χ4v) is 1.96. The zero-order valence-electron chi connectivity index (χ0n) is 9.66. The molecular formula is C10H12N4O3S. The number of nitrogens with one attached hydrogen (secondary N) is 1. The summed E-state index contributed by atoms with van der Waals surface area (Å²) >= 11 is 1.08. The predicted molar refractivity (Wildman–Crippen MR) is 66.5 cm³/mol. The van der Waals surface area contributed by atoms with Gasteiger partial charge in [-0.25, -0.2) is 9.78 Å². The third-order valence-electron chi connectivity index (χ3n) is 2.13. The summed E-state index contributed by atoms with van der Waals surface area (Å²) in [6, 6.07) is 0. The summed E-state index contributed by atoms with van der Waals surface area (Å²) in [7, 11) is 1.63. The van der Waals surface area contributed by atoms with Gasteiger partial charge in [-0.1, -0.05) is 11.3 Å². The molecule has 0 radical (unpaired) electrons. The molecule has 2 heterocycles. The second kappa shape index (κ2) is 5.61. The Kier molecular flexibility index (Phi) is 3.90. The molecule has 0 saturated carbocycles. The van der Waals surface area contributed by atoms with E-state index in [1.54, 1.807) is 24.2 Å². The second-order valence-electron chi connectivity index (χ2n) is 3.44. The zero-order valence-corrected chi connectivity index (χ0v) is 10.5. The first-order valence-electron chi connectivity index (χ1n) is 5.16. The third kappa shape index (κ3) is 3.05. The van der Waals surface area contributed by atoms with Crippen molar-refractivity contribution >= 4 is 28.1 Å². The van der Waals surface area contributed by atoms with Gasteiger partial charge in [0.2, 0.25) is 0 Å². The van der Waals surface area contributed by atoms with Crippen molar-refractivity contribution in [2.75, 3.05) is 19.0 Å². The number of methoxy groups -OCH3 is 1. The zero-order chi connectivity index (χ0) is 13.0. The van der Waals surface area contributed by atoms with E-state index in [0.29, 0.717) is 18.3 Å². The number of carboxylic acid groups (broad SMARTS) is 1. The molecule has 0 spiro atoms. The number of anilines is 2. The van der Waals surface area contributed by atoms with Crippen molar-refractivity contribution in [3.8, 4) is 0 Å². The fourth-order valence-electron chi connectivity index (χ4n) is 1.29. The van der Waals surface area contributed by atoms with Crippen molar-refractivity contribution in [2.24, 2.45) is 0 Å². The van der Waals surface area contributed by atoms with Gasteiger partial charge < -0.3 is 15.2 Å². The maximum Gasteiger partial charge on any atom is 0.347 e. The highest BCUT2D eigenvalue weighted by Crippen LogP contribution is 2.22. The van der Waals surface area contributed by atoms with E-state index in [4.69, 9.17) is 9.84 Å². The minimum Gasteiger partial charge on any atom is -0.477 e. The molecule has 0 aliphatic rings. The van der Waals surface area contributed by atoms with E-state index in [1.807, 2.05) is 0 Å². The van der Waals surface area contributed by atoms with Gasteiger partial charge in [0.1, 0.15) is 4.88 Å². The van der Waals surface area contributed by atoms with Crippen LogP contribution in [-0.4, -0.2) is 39.6 Å². The highest BCUT2D eigenvalue weighted by atomic mass is 32.1. The summed E-state index contributed by atoms with van der Waals surface area (Å²) in [4.78, 5) is 14.9. The Morgan fingerprint density at radius 1 is 1.61 bits per heavy atom. The van der Waals surface area contributed by atoms with Crippen LogP contribution < -0.4 is 5.32 Å². The topological polar surface area (TPSA) is 89.3 Å². The highest BCUT2D eigenvalue weighted by Gasteiger charge is 2.09. The molecule has 0 saturated heterocycles. The lowest BCUT2D eigenvalue weighted by Gasteiger charge is -1.99. The van der Waals surface area contributed by atoms with Gasteiger partial charge in [0, 0.05) is 13.3 Å². The number of hydrogen-bond acceptors (Lipinski definition) is 6. The number of carboxylic acids is 1. The molecule has 0 aliphatic carbocycles. The predicted octanol–water partition coefficient (Wildman–Crippen LogP) is 1.43. The molecule has 0 unspecified atom stereocenters. The first kappa shape index (κ1) is 12.5. The monoisotopic (exact) mass is 268 g/mol. The van der Waals surface area contributed by atoms with Crippen molar-refractivity contribution in [3.63, 3.8) is 0 Å². The van der Waals surface area contributed by atoms with E-state index >= 15 is 0 Å². The molecule has 0 atom stereocenters. The molecule has 0 amide bonds. The molecule has 0 bridgehead atoms. The number of aromatic nitrogens is 3. The molecule has 8 heteroatoms. The summed E-state index contributed by atoms with van der Waals surface area (Å²) in [5.41, 5.74) is 0.761. The normalized spacial score (nSPS) is 10.5. The van der Waals surface area contributed by atoms with Crippen LogP contribution in [-0.2, 0) is 11.3 Å². The quantitative estimate of drug-likeness (QED) is 0.823. The lowest BCUT2D eigenvalue weighted by Crippen LogP contribution is -2.03. The number of aromatic carboxylic acids is 1. The lowest BCUT2D eigenvalue weighted by atomic mass is 10.5. The molecule has 2 N–H and O–H groups in total. The Hall–Kier alpha value is -1.93. The van der Waals surface area contributed by atoms with Crippen LogP contribution in [0.3, 0.4) is 0 Å². The maximum atomic E-state index is 10.7. The van der Waals surface area contributed by atoms with Crippen molar-refractivity contribution in [1.29, 1.82) is 0 Å². The summed E-state index contributed by atoms with van der Waals surface area (Å²) < 4.78 is 6.68. The van der Waals surface area contributed by atoms with Gasteiger partial charge in [-0.05, 0) is 0 Å². The summed E-state index contributed by atoms with van der Waals surface area (Å²) in [5.74, 6) is -0.976. The van der Waals surface area contributed by atoms with Crippen LogP contribution in [0, 0.1) is 0 Å². The van der Waals surface area contributed by atoms with E-state index in [1.165, 1.54) is 6.20 Å². The van der Waals surface area contributed by atoms with Crippen molar-refractivity contribution < 1.29 is 14.6 Å². The molecule has 0 aromatic carbocycles. The number of rotatable bonds is 6. The van der Waals surface area contributed by atoms with Gasteiger partial charge in [0.15, 0.2) is 5.13 Å². The third-order valence-corrected chi connectivity index (χ3v) is 3.03. The van der Waals surface area contributed by atoms with Crippen molar-refractivity contribution in [2.45, 2.75) is 6.54 Å². The Morgan fingerprint density at radius 3 is 3.11 bits per heavy atom. The Labute approximate surface area is 107 Å². The molecule has 96 valence electrons. The van der Waals surface area contributed by atoms with Crippen LogP contribution in [0.5, 0.6) is 0 Å². The molecule has 18 heavy (non-hydrogen) atoms. The van der Waals surface area contributed by atoms with Crippen LogP contribution in [0.2, 0.25) is 0 Å². The van der Waals surface area contributed by atoms with E-state index in [0.717, 1.165) is 17.0 Å². The van der Waals surface area contributed by atoms with Gasteiger partial charge in [-0.3, -0.25) is 4.68 Å². The molecule has 0 fully saturated rings. The summed E-state index contributed by atoms with van der Waals surface area (Å²) in [6.07, 6.45) is 4.78. The van der Waals surface area contributed by atoms with Crippen LogP contribution in [0.4, 0.5) is 10.8 Å². The smallest absolute Gasteiger partial charge is 0.347 e. The first-order valence-corrected chi connectivity index (χ1v) is 5.98. The van der Waals surface area contributed by atoms with Gasteiger partial charge in [-0.2, -0.15) is 5.10 Å². The Balaban J connectivity index is 1.99. The molecule has 7 nitrogen and oxygen atoms in total. The van der Waals surface area contributed by atoms with Crippen molar-refractivity contribution in [3.05, 3.63) is 23.5 Å². The summed E-state index contributed by atoms with van der Waals surface area (Å²) in [5, 5.41) is 16.4. The van der Waals surface area contributed by atoms with E-state index in [-0.39, 0.29) is 4.88 Å². The molecule has 2 aromatic heterocycles. The van der Waals surface area contributed by atoms with Gasteiger partial charge >= 0.3 is 5.97 Å². The molecular weight excluding hydrogens is 256 g/mol. The number of hydrogen-bond donors (Lipinski definition) is 2. The molecule has 2 rings (SSSR count). The van der Waals surface area contributed by atoms with E-state index in [2.05, 4.69) is 15.4 Å². The van der Waals surface area contributed by atoms with E-state index < -0.39 is 5.97 Å². The minimum absolute atomic E-state index is 0.198. The standard InChI is InChI=1S/C10H12N4O3S/c1-17-3-2-14-6-7(4-12-14)13-10-11-5-8(18-10)9(15)16/h4-6H,2-3H2,1H3,(H,11,13)(H,15,16). The number of thiazole rings is 1. The first-order chi connectivity index (χ1) is 8.69. The number of nitrogens with zero attached hydrogens (tertiary/aromatic N) is 3. The SMILES string of the molecule is COCCn1cc(Nc2ncc(C(=O)O)s2)cn1. The minimum atomic E-state index is -0.976. The number of carbonyl (C=O) groups is 1. The average molecular weight is 268 g/mol. The number of ether oxygens (including phenoxy) is 1. The maximum absolute atomic E-state index is 10.7. The van der Waals surface area contributed by atoms with Crippen LogP contribution >= 0.6 is 11.3 Å². The fraction of sp³-hybridized carbons (Fsp3) is 0.300. The van der Waals surface area contributed by atoms with Crippen LogP contribution in [0.15, 0.2) is 18.6 Å². The second-order valence-corrected chi connectivity index (χ2v) is 4.48.